The first-order chi connectivity index (χ1) is 8.24. The number of hydrogen-bond donors (Lipinski definition) is 2. The predicted octanol–water partition coefficient (Wildman–Crippen LogP) is 1.88. The molecule has 0 unspecified atom stereocenters. The maximum absolute atomic E-state index is 11.1. The van der Waals surface area contributed by atoms with Crippen LogP contribution in [0.4, 0.5) is 0 Å². The molecule has 4 nitrogen and oxygen atoms in total. The normalized spacial score (nSPS) is 10.4. The molecule has 0 saturated heterocycles. The van der Waals surface area contributed by atoms with E-state index in [2.05, 4.69) is 0 Å². The van der Waals surface area contributed by atoms with Gasteiger partial charge in [0.15, 0.2) is 0 Å². The third-order valence-corrected chi connectivity index (χ3v) is 2.47. The summed E-state index contributed by atoms with van der Waals surface area (Å²) < 4.78 is 5.46. The molecule has 0 radical (unpaired) electrons. The minimum absolute atomic E-state index is 0.164. The highest BCUT2D eigenvalue weighted by molar-refractivity contribution is 6.00. The lowest BCUT2D eigenvalue weighted by Crippen LogP contribution is -2.13. The van der Waals surface area contributed by atoms with Crippen LogP contribution in [0.1, 0.15) is 10.4 Å². The van der Waals surface area contributed by atoms with Crippen molar-refractivity contribution in [1.82, 2.24) is 0 Å². The van der Waals surface area contributed by atoms with Crippen molar-refractivity contribution >= 4 is 16.7 Å². The van der Waals surface area contributed by atoms with Gasteiger partial charge in [-0.1, -0.05) is 30.3 Å². The smallest absolute Gasteiger partial charge is 0.339 e. The van der Waals surface area contributed by atoms with Crippen molar-refractivity contribution in [3.8, 4) is 5.75 Å². The number of rotatable bonds is 4. The number of aromatic carboxylic acids is 1. The highest BCUT2D eigenvalue weighted by Gasteiger charge is 2.14. The van der Waals surface area contributed by atoms with Gasteiger partial charge in [-0.3, -0.25) is 0 Å². The zero-order chi connectivity index (χ0) is 12.3. The summed E-state index contributed by atoms with van der Waals surface area (Å²) in [5.41, 5.74) is 5.54. The Hall–Kier alpha value is -2.07. The molecule has 0 aromatic heterocycles. The molecule has 0 atom stereocenters. The van der Waals surface area contributed by atoms with Crippen LogP contribution in [-0.4, -0.2) is 24.2 Å². The van der Waals surface area contributed by atoms with Gasteiger partial charge >= 0.3 is 5.97 Å². The van der Waals surface area contributed by atoms with Crippen molar-refractivity contribution in [3.05, 3.63) is 42.0 Å². The molecule has 0 aliphatic heterocycles. The van der Waals surface area contributed by atoms with Crippen molar-refractivity contribution in [2.45, 2.75) is 0 Å². The second kappa shape index (κ2) is 4.84. The van der Waals surface area contributed by atoms with E-state index in [0.717, 1.165) is 10.8 Å². The van der Waals surface area contributed by atoms with Crippen LogP contribution in [0.15, 0.2) is 36.4 Å². The van der Waals surface area contributed by atoms with Gasteiger partial charge < -0.3 is 15.6 Å². The summed E-state index contributed by atoms with van der Waals surface area (Å²) in [6, 6.07) is 10.8. The van der Waals surface area contributed by atoms with E-state index in [1.165, 1.54) is 0 Å². The first kappa shape index (κ1) is 11.4. The standard InChI is InChI=1S/C13H13NO3/c14-7-8-17-12-10-4-2-1-3-9(10)5-6-11(12)13(15)16/h1-6H,7-8,14H2,(H,15,16). The fourth-order valence-electron chi connectivity index (χ4n) is 1.73. The number of nitrogens with two attached hydrogens (primary N) is 1. The molecule has 0 spiro atoms. The van der Waals surface area contributed by atoms with Crippen molar-refractivity contribution in [2.75, 3.05) is 13.2 Å². The van der Waals surface area contributed by atoms with E-state index < -0.39 is 5.97 Å². The first-order valence-electron chi connectivity index (χ1n) is 5.32. The van der Waals surface area contributed by atoms with Crippen molar-refractivity contribution in [3.63, 3.8) is 0 Å². The van der Waals surface area contributed by atoms with Gasteiger partial charge in [0, 0.05) is 11.9 Å². The molecule has 0 amide bonds. The van der Waals surface area contributed by atoms with Crippen LogP contribution in [0.25, 0.3) is 10.8 Å². The summed E-state index contributed by atoms with van der Waals surface area (Å²) in [6.07, 6.45) is 0. The van der Waals surface area contributed by atoms with Crippen LogP contribution < -0.4 is 10.5 Å². The Labute approximate surface area is 98.6 Å². The maximum atomic E-state index is 11.1. The highest BCUT2D eigenvalue weighted by atomic mass is 16.5. The van der Waals surface area contributed by atoms with Crippen molar-refractivity contribution in [2.24, 2.45) is 5.73 Å². The Bertz CT molecular complexity index is 551. The van der Waals surface area contributed by atoms with E-state index in [4.69, 9.17) is 15.6 Å². The molecule has 0 aliphatic rings. The number of fused-ring (bicyclic) bond motifs is 1. The van der Waals surface area contributed by atoms with E-state index >= 15 is 0 Å². The van der Waals surface area contributed by atoms with E-state index in [0.29, 0.717) is 18.9 Å². The average molecular weight is 231 g/mol. The van der Waals surface area contributed by atoms with Gasteiger partial charge in [0.2, 0.25) is 0 Å². The molecule has 2 aromatic carbocycles. The molecule has 88 valence electrons. The monoisotopic (exact) mass is 231 g/mol. The van der Waals surface area contributed by atoms with Crippen LogP contribution in [0.2, 0.25) is 0 Å². The van der Waals surface area contributed by atoms with Gasteiger partial charge in [0.25, 0.3) is 0 Å². The van der Waals surface area contributed by atoms with E-state index in [1.807, 2.05) is 24.3 Å². The number of carboxylic acids is 1. The Morgan fingerprint density at radius 1 is 1.24 bits per heavy atom. The molecule has 0 saturated carbocycles. The van der Waals surface area contributed by atoms with E-state index in [9.17, 15) is 4.79 Å². The predicted molar refractivity (Wildman–Crippen MR) is 65.5 cm³/mol. The minimum Gasteiger partial charge on any atom is -0.491 e. The van der Waals surface area contributed by atoms with Crippen molar-refractivity contribution < 1.29 is 14.6 Å². The summed E-state index contributed by atoms with van der Waals surface area (Å²) in [5.74, 6) is -0.608. The summed E-state index contributed by atoms with van der Waals surface area (Å²) in [4.78, 5) is 11.1. The average Bonchev–Trinajstić information content (AvgIpc) is 2.35. The van der Waals surface area contributed by atoms with Crippen LogP contribution in [0.3, 0.4) is 0 Å². The van der Waals surface area contributed by atoms with Gasteiger partial charge in [0.05, 0.1) is 0 Å². The molecule has 0 heterocycles. The van der Waals surface area contributed by atoms with E-state index in [1.54, 1.807) is 12.1 Å². The summed E-state index contributed by atoms with van der Waals surface area (Å²) in [6.45, 7) is 0.649. The summed E-state index contributed by atoms with van der Waals surface area (Å²) >= 11 is 0. The third kappa shape index (κ3) is 2.21. The zero-order valence-corrected chi connectivity index (χ0v) is 9.22. The number of benzene rings is 2. The lowest BCUT2D eigenvalue weighted by Gasteiger charge is -2.11. The van der Waals surface area contributed by atoms with Gasteiger partial charge in [-0.15, -0.1) is 0 Å². The molecule has 4 heteroatoms. The Kier molecular flexibility index (Phi) is 3.25. The largest absolute Gasteiger partial charge is 0.491 e. The minimum atomic E-state index is -0.997. The molecule has 0 aliphatic carbocycles. The van der Waals surface area contributed by atoms with Crippen molar-refractivity contribution in [1.29, 1.82) is 0 Å². The molecule has 3 N–H and O–H groups in total. The quantitative estimate of drug-likeness (QED) is 0.842. The van der Waals surface area contributed by atoms with Gasteiger partial charge in [-0.25, -0.2) is 4.79 Å². The fraction of sp³-hybridized carbons (Fsp3) is 0.154. The van der Waals surface area contributed by atoms with Gasteiger partial charge in [-0.2, -0.15) is 0 Å². The number of carboxylic acid groups (broad SMARTS) is 1. The SMILES string of the molecule is NCCOc1c(C(=O)O)ccc2ccccc12. The Morgan fingerprint density at radius 2 is 2.00 bits per heavy atom. The zero-order valence-electron chi connectivity index (χ0n) is 9.22. The van der Waals surface area contributed by atoms with Crippen LogP contribution >= 0.6 is 0 Å². The molecular formula is C13H13NO3. The molecule has 0 bridgehead atoms. The van der Waals surface area contributed by atoms with Crippen LogP contribution in [0, 0.1) is 0 Å². The highest BCUT2D eigenvalue weighted by Crippen LogP contribution is 2.29. The van der Waals surface area contributed by atoms with Gasteiger partial charge in [-0.05, 0) is 11.5 Å². The molecular weight excluding hydrogens is 218 g/mol. The number of hydrogen-bond acceptors (Lipinski definition) is 3. The topological polar surface area (TPSA) is 72.5 Å². The molecule has 17 heavy (non-hydrogen) atoms. The van der Waals surface area contributed by atoms with E-state index in [-0.39, 0.29) is 5.56 Å². The number of carbonyl (C=O) groups is 1. The second-order valence-electron chi connectivity index (χ2n) is 3.61. The third-order valence-electron chi connectivity index (χ3n) is 2.47. The molecule has 0 fully saturated rings. The summed E-state index contributed by atoms with van der Waals surface area (Å²) in [7, 11) is 0. The molecule has 2 aromatic rings. The van der Waals surface area contributed by atoms with Gasteiger partial charge in [0.1, 0.15) is 17.9 Å². The lowest BCUT2D eigenvalue weighted by molar-refractivity contribution is 0.0692. The first-order valence-corrected chi connectivity index (χ1v) is 5.32. The Balaban J connectivity index is 2.61. The second-order valence-corrected chi connectivity index (χ2v) is 3.61. The maximum Gasteiger partial charge on any atom is 0.339 e. The van der Waals surface area contributed by atoms with Crippen LogP contribution in [0.5, 0.6) is 5.75 Å². The number of ether oxygens (including phenoxy) is 1. The fourth-order valence-corrected chi connectivity index (χ4v) is 1.73. The van der Waals surface area contributed by atoms with Crippen LogP contribution in [-0.2, 0) is 0 Å². The molecule has 2 rings (SSSR count). The lowest BCUT2D eigenvalue weighted by atomic mass is 10.1. The Morgan fingerprint density at radius 3 is 2.71 bits per heavy atom. The summed E-state index contributed by atoms with van der Waals surface area (Å²) in [5, 5.41) is 10.9.